The largest absolute Gasteiger partial charge is 0.481 e. The molecule has 2 heteroatoms. The second-order valence-electron chi connectivity index (χ2n) is 4.70. The standard InChI is InChI=1S/C13H26O2/c1-5-11(4)9-8-10-13(6-2,7-3)12(14)15/h11H,5-10H2,1-4H3,(H,14,15). The summed E-state index contributed by atoms with van der Waals surface area (Å²) in [5, 5.41) is 9.25. The van der Waals surface area contributed by atoms with Gasteiger partial charge in [-0.25, -0.2) is 0 Å². The van der Waals surface area contributed by atoms with Gasteiger partial charge in [-0.15, -0.1) is 0 Å². The number of carbonyl (C=O) groups is 1. The maximum atomic E-state index is 11.2. The van der Waals surface area contributed by atoms with Crippen LogP contribution in [-0.2, 0) is 4.79 Å². The summed E-state index contributed by atoms with van der Waals surface area (Å²) in [6, 6.07) is 0. The molecule has 1 unspecified atom stereocenters. The highest BCUT2D eigenvalue weighted by molar-refractivity contribution is 5.74. The summed E-state index contributed by atoms with van der Waals surface area (Å²) in [4.78, 5) is 11.2. The highest BCUT2D eigenvalue weighted by Gasteiger charge is 2.33. The Morgan fingerprint density at radius 3 is 2.13 bits per heavy atom. The van der Waals surface area contributed by atoms with Crippen LogP contribution in [0.3, 0.4) is 0 Å². The number of rotatable bonds is 8. The predicted octanol–water partition coefficient (Wildman–Crippen LogP) is 4.09. The van der Waals surface area contributed by atoms with E-state index < -0.39 is 11.4 Å². The summed E-state index contributed by atoms with van der Waals surface area (Å²) >= 11 is 0. The summed E-state index contributed by atoms with van der Waals surface area (Å²) in [5.74, 6) is 0.113. The lowest BCUT2D eigenvalue weighted by molar-refractivity contribution is -0.150. The fraction of sp³-hybridized carbons (Fsp3) is 0.923. The van der Waals surface area contributed by atoms with Crippen molar-refractivity contribution in [1.29, 1.82) is 0 Å². The van der Waals surface area contributed by atoms with Gasteiger partial charge in [0.25, 0.3) is 0 Å². The topological polar surface area (TPSA) is 37.3 Å². The predicted molar refractivity (Wildman–Crippen MR) is 64.0 cm³/mol. The number of carboxylic acid groups (broad SMARTS) is 1. The van der Waals surface area contributed by atoms with Gasteiger partial charge in [0, 0.05) is 0 Å². The van der Waals surface area contributed by atoms with Crippen molar-refractivity contribution < 1.29 is 9.90 Å². The summed E-state index contributed by atoms with van der Waals surface area (Å²) in [6.07, 6.45) is 5.73. The molecule has 0 aliphatic carbocycles. The van der Waals surface area contributed by atoms with Gasteiger partial charge in [-0.2, -0.15) is 0 Å². The summed E-state index contributed by atoms with van der Waals surface area (Å²) in [6.45, 7) is 8.40. The van der Waals surface area contributed by atoms with Gasteiger partial charge in [0.15, 0.2) is 0 Å². The number of hydrogen-bond donors (Lipinski definition) is 1. The molecule has 0 saturated carbocycles. The maximum Gasteiger partial charge on any atom is 0.309 e. The Kier molecular flexibility index (Phi) is 6.62. The lowest BCUT2D eigenvalue weighted by atomic mass is 9.77. The van der Waals surface area contributed by atoms with Crippen LogP contribution in [0.4, 0.5) is 0 Å². The molecule has 2 nitrogen and oxygen atoms in total. The minimum atomic E-state index is -0.614. The Labute approximate surface area is 94.1 Å². The van der Waals surface area contributed by atoms with Gasteiger partial charge in [-0.3, -0.25) is 4.79 Å². The number of aliphatic carboxylic acids is 1. The van der Waals surface area contributed by atoms with Crippen LogP contribution in [0.1, 0.15) is 66.2 Å². The van der Waals surface area contributed by atoms with Crippen LogP contribution in [-0.4, -0.2) is 11.1 Å². The second kappa shape index (κ2) is 6.86. The molecule has 90 valence electrons. The average Bonchev–Trinajstić information content (AvgIpc) is 2.24. The highest BCUT2D eigenvalue weighted by atomic mass is 16.4. The first-order valence-corrected chi connectivity index (χ1v) is 6.25. The Morgan fingerprint density at radius 2 is 1.80 bits per heavy atom. The highest BCUT2D eigenvalue weighted by Crippen LogP contribution is 2.33. The minimum absolute atomic E-state index is 0.465. The molecule has 1 atom stereocenters. The van der Waals surface area contributed by atoms with Gasteiger partial charge in [-0.05, 0) is 25.2 Å². The fourth-order valence-electron chi connectivity index (χ4n) is 2.01. The Bertz CT molecular complexity index is 183. The van der Waals surface area contributed by atoms with Crippen LogP contribution in [0.15, 0.2) is 0 Å². The fourth-order valence-corrected chi connectivity index (χ4v) is 2.01. The minimum Gasteiger partial charge on any atom is -0.481 e. The molecule has 0 aromatic rings. The van der Waals surface area contributed by atoms with Crippen molar-refractivity contribution in [3.63, 3.8) is 0 Å². The van der Waals surface area contributed by atoms with Crippen molar-refractivity contribution in [3.05, 3.63) is 0 Å². The smallest absolute Gasteiger partial charge is 0.309 e. The Morgan fingerprint density at radius 1 is 1.27 bits per heavy atom. The Balaban J connectivity index is 4.13. The summed E-state index contributed by atoms with van der Waals surface area (Å²) < 4.78 is 0. The van der Waals surface area contributed by atoms with Gasteiger partial charge in [-0.1, -0.05) is 47.0 Å². The third kappa shape index (κ3) is 4.23. The monoisotopic (exact) mass is 214 g/mol. The van der Waals surface area contributed by atoms with Crippen LogP contribution >= 0.6 is 0 Å². The van der Waals surface area contributed by atoms with Gasteiger partial charge >= 0.3 is 5.97 Å². The lowest BCUT2D eigenvalue weighted by Gasteiger charge is -2.27. The van der Waals surface area contributed by atoms with Crippen molar-refractivity contribution in [3.8, 4) is 0 Å². The molecule has 0 fully saturated rings. The normalized spacial score (nSPS) is 13.9. The van der Waals surface area contributed by atoms with Crippen molar-refractivity contribution in [2.45, 2.75) is 66.2 Å². The average molecular weight is 214 g/mol. The molecule has 0 aliphatic heterocycles. The van der Waals surface area contributed by atoms with E-state index in [1.807, 2.05) is 13.8 Å². The molecule has 0 aliphatic rings. The van der Waals surface area contributed by atoms with Crippen molar-refractivity contribution >= 4 is 5.97 Å². The van der Waals surface area contributed by atoms with Gasteiger partial charge < -0.3 is 5.11 Å². The van der Waals surface area contributed by atoms with E-state index >= 15 is 0 Å². The zero-order valence-electron chi connectivity index (χ0n) is 10.7. The van der Waals surface area contributed by atoms with E-state index in [0.717, 1.165) is 38.0 Å². The molecule has 15 heavy (non-hydrogen) atoms. The SMILES string of the molecule is CCC(C)CCCC(CC)(CC)C(=O)O. The molecule has 0 aromatic carbocycles. The van der Waals surface area contributed by atoms with Gasteiger partial charge in [0.1, 0.15) is 0 Å². The molecule has 0 amide bonds. The molecular formula is C13H26O2. The lowest BCUT2D eigenvalue weighted by Crippen LogP contribution is -2.29. The van der Waals surface area contributed by atoms with Crippen molar-refractivity contribution in [2.75, 3.05) is 0 Å². The quantitative estimate of drug-likeness (QED) is 0.660. The van der Waals surface area contributed by atoms with Crippen LogP contribution in [0.25, 0.3) is 0 Å². The molecule has 0 bridgehead atoms. The zero-order valence-corrected chi connectivity index (χ0v) is 10.7. The molecular weight excluding hydrogens is 188 g/mol. The van der Waals surface area contributed by atoms with E-state index in [0.29, 0.717) is 0 Å². The Hall–Kier alpha value is -0.530. The maximum absolute atomic E-state index is 11.2. The molecule has 1 N–H and O–H groups in total. The summed E-state index contributed by atoms with van der Waals surface area (Å²) in [7, 11) is 0. The van der Waals surface area contributed by atoms with E-state index in [1.165, 1.54) is 6.42 Å². The van der Waals surface area contributed by atoms with Crippen LogP contribution in [0.2, 0.25) is 0 Å². The first-order valence-electron chi connectivity index (χ1n) is 6.25. The number of hydrogen-bond acceptors (Lipinski definition) is 1. The molecule has 0 radical (unpaired) electrons. The van der Waals surface area contributed by atoms with E-state index in [2.05, 4.69) is 13.8 Å². The summed E-state index contributed by atoms with van der Waals surface area (Å²) in [5.41, 5.74) is -0.465. The van der Waals surface area contributed by atoms with Crippen LogP contribution in [0, 0.1) is 11.3 Å². The zero-order chi connectivity index (χ0) is 11.9. The molecule has 0 aromatic heterocycles. The van der Waals surface area contributed by atoms with Crippen molar-refractivity contribution in [2.24, 2.45) is 11.3 Å². The van der Waals surface area contributed by atoms with E-state index in [4.69, 9.17) is 0 Å². The van der Waals surface area contributed by atoms with E-state index in [1.54, 1.807) is 0 Å². The van der Waals surface area contributed by atoms with E-state index in [-0.39, 0.29) is 0 Å². The van der Waals surface area contributed by atoms with Crippen LogP contribution < -0.4 is 0 Å². The number of carboxylic acids is 1. The third-order valence-electron chi connectivity index (χ3n) is 3.86. The first kappa shape index (κ1) is 14.5. The van der Waals surface area contributed by atoms with Crippen LogP contribution in [0.5, 0.6) is 0 Å². The van der Waals surface area contributed by atoms with Gasteiger partial charge in [0.2, 0.25) is 0 Å². The molecule has 0 heterocycles. The third-order valence-corrected chi connectivity index (χ3v) is 3.86. The molecule has 0 saturated heterocycles. The second-order valence-corrected chi connectivity index (χ2v) is 4.70. The molecule has 0 rings (SSSR count). The van der Waals surface area contributed by atoms with E-state index in [9.17, 15) is 9.90 Å². The van der Waals surface area contributed by atoms with Crippen molar-refractivity contribution in [1.82, 2.24) is 0 Å². The molecule has 0 spiro atoms. The van der Waals surface area contributed by atoms with Gasteiger partial charge in [0.05, 0.1) is 5.41 Å². The first-order chi connectivity index (χ1) is 7.02.